The highest BCUT2D eigenvalue weighted by molar-refractivity contribution is 9.10. The summed E-state index contributed by atoms with van der Waals surface area (Å²) in [6.45, 7) is 3.13. The second kappa shape index (κ2) is 8.47. The number of hydrogen-bond acceptors (Lipinski definition) is 4. The first kappa shape index (κ1) is 19.7. The van der Waals surface area contributed by atoms with Gasteiger partial charge in [-0.1, -0.05) is 15.9 Å². The number of aromatic nitrogens is 3. The molecule has 0 unspecified atom stereocenters. The molecule has 2 saturated heterocycles. The second-order valence-corrected chi connectivity index (χ2v) is 9.10. The van der Waals surface area contributed by atoms with E-state index in [0.717, 1.165) is 79.0 Å². The van der Waals surface area contributed by atoms with Gasteiger partial charge in [0.25, 0.3) is 5.91 Å². The number of carbonyl (C=O) groups excluding carboxylic acids is 1. The maximum absolute atomic E-state index is 12.8. The Morgan fingerprint density at radius 3 is 2.50 bits per heavy atom. The van der Waals surface area contributed by atoms with Crippen LogP contribution in [0.25, 0.3) is 11.2 Å². The summed E-state index contributed by atoms with van der Waals surface area (Å²) in [4.78, 5) is 27.7. The van der Waals surface area contributed by atoms with Crippen LogP contribution in [0.1, 0.15) is 59.3 Å². The zero-order chi connectivity index (χ0) is 20.5. The SMILES string of the molecule is O=C(c1ccc(Br)cc1)N1CCC(c2ccnc3[nH]c(C4CCOCC4)nc23)CC1. The number of ether oxygens (including phenoxy) is 1. The third kappa shape index (κ3) is 3.88. The van der Waals surface area contributed by atoms with Crippen LogP contribution >= 0.6 is 15.9 Å². The molecule has 156 valence electrons. The van der Waals surface area contributed by atoms with Crippen LogP contribution < -0.4 is 0 Å². The molecule has 1 amide bonds. The fourth-order valence-electron chi connectivity index (χ4n) is 4.61. The lowest BCUT2D eigenvalue weighted by Gasteiger charge is -2.32. The van der Waals surface area contributed by atoms with E-state index < -0.39 is 0 Å². The minimum atomic E-state index is 0.113. The lowest BCUT2D eigenvalue weighted by atomic mass is 9.89. The van der Waals surface area contributed by atoms with Crippen molar-refractivity contribution in [1.29, 1.82) is 0 Å². The van der Waals surface area contributed by atoms with Gasteiger partial charge < -0.3 is 14.6 Å². The van der Waals surface area contributed by atoms with Crippen LogP contribution in [0.15, 0.2) is 41.0 Å². The standard InChI is InChI=1S/C23H25BrN4O2/c24-18-3-1-17(2-4-18)23(29)28-11-6-15(7-12-28)19-5-10-25-22-20(19)26-21(27-22)16-8-13-30-14-9-16/h1-5,10,15-16H,6-9,11-14H2,(H,25,26,27). The van der Waals surface area contributed by atoms with Gasteiger partial charge in [-0.2, -0.15) is 0 Å². The minimum absolute atomic E-state index is 0.113. The molecule has 5 rings (SSSR count). The first-order valence-corrected chi connectivity index (χ1v) is 11.5. The van der Waals surface area contributed by atoms with Gasteiger partial charge in [0.1, 0.15) is 11.3 Å². The molecule has 1 N–H and O–H groups in total. The maximum atomic E-state index is 12.8. The normalized spacial score (nSPS) is 18.8. The Morgan fingerprint density at radius 1 is 1.03 bits per heavy atom. The van der Waals surface area contributed by atoms with Crippen molar-refractivity contribution in [3.05, 3.63) is 58.0 Å². The highest BCUT2D eigenvalue weighted by Gasteiger charge is 2.27. The summed E-state index contributed by atoms with van der Waals surface area (Å²) in [6, 6.07) is 9.70. The Hall–Kier alpha value is -2.25. The number of rotatable bonds is 3. The van der Waals surface area contributed by atoms with Gasteiger partial charge in [-0.05, 0) is 67.5 Å². The summed E-state index contributed by atoms with van der Waals surface area (Å²) in [5.41, 5.74) is 3.88. The molecule has 0 bridgehead atoms. The number of nitrogens with zero attached hydrogens (tertiary/aromatic N) is 3. The van der Waals surface area contributed by atoms with Crippen LogP contribution in [0.2, 0.25) is 0 Å². The van der Waals surface area contributed by atoms with Crippen molar-refractivity contribution in [1.82, 2.24) is 19.9 Å². The maximum Gasteiger partial charge on any atom is 0.253 e. The predicted molar refractivity (Wildman–Crippen MR) is 119 cm³/mol. The lowest BCUT2D eigenvalue weighted by Crippen LogP contribution is -2.37. The first-order valence-electron chi connectivity index (χ1n) is 10.7. The third-order valence-corrected chi connectivity index (χ3v) is 6.88. The molecule has 1 aromatic carbocycles. The molecule has 0 radical (unpaired) electrons. The van der Waals surface area contributed by atoms with Gasteiger partial charge in [0.05, 0.1) is 0 Å². The highest BCUT2D eigenvalue weighted by Crippen LogP contribution is 2.34. The lowest BCUT2D eigenvalue weighted by molar-refractivity contribution is 0.0713. The number of nitrogens with one attached hydrogen (secondary N) is 1. The Bertz CT molecular complexity index is 1040. The molecule has 7 heteroatoms. The molecular formula is C23H25BrN4O2. The number of hydrogen-bond donors (Lipinski definition) is 1. The summed E-state index contributed by atoms with van der Waals surface area (Å²) in [6.07, 6.45) is 5.78. The third-order valence-electron chi connectivity index (χ3n) is 6.36. The number of fused-ring (bicyclic) bond motifs is 1. The van der Waals surface area contributed by atoms with Crippen LogP contribution in [0.3, 0.4) is 0 Å². The Balaban J connectivity index is 1.31. The van der Waals surface area contributed by atoms with Crippen LogP contribution in [0.4, 0.5) is 0 Å². The summed E-state index contributed by atoms with van der Waals surface area (Å²) in [7, 11) is 0. The Morgan fingerprint density at radius 2 is 1.77 bits per heavy atom. The molecule has 3 aromatic rings. The zero-order valence-corrected chi connectivity index (χ0v) is 18.4. The van der Waals surface area contributed by atoms with Gasteiger partial charge in [0, 0.05) is 48.5 Å². The molecule has 0 spiro atoms. The van der Waals surface area contributed by atoms with Crippen molar-refractivity contribution in [3.63, 3.8) is 0 Å². The number of amides is 1. The van der Waals surface area contributed by atoms with Crippen LogP contribution in [0, 0.1) is 0 Å². The predicted octanol–water partition coefficient (Wildman–Crippen LogP) is 4.63. The van der Waals surface area contributed by atoms with Gasteiger partial charge in [-0.15, -0.1) is 0 Å². The van der Waals surface area contributed by atoms with Crippen LogP contribution in [-0.4, -0.2) is 52.1 Å². The van der Waals surface area contributed by atoms with E-state index in [2.05, 4.69) is 32.0 Å². The van der Waals surface area contributed by atoms with Crippen molar-refractivity contribution in [2.75, 3.05) is 26.3 Å². The fourth-order valence-corrected chi connectivity index (χ4v) is 4.87. The van der Waals surface area contributed by atoms with Crippen molar-refractivity contribution >= 4 is 33.0 Å². The summed E-state index contributed by atoms with van der Waals surface area (Å²) >= 11 is 3.43. The van der Waals surface area contributed by atoms with E-state index in [1.807, 2.05) is 35.4 Å². The van der Waals surface area contributed by atoms with Crippen molar-refractivity contribution < 1.29 is 9.53 Å². The molecule has 2 fully saturated rings. The average Bonchev–Trinajstić information content (AvgIpc) is 3.24. The number of imidazole rings is 1. The summed E-state index contributed by atoms with van der Waals surface area (Å²) in [5.74, 6) is 1.97. The largest absolute Gasteiger partial charge is 0.381 e. The topological polar surface area (TPSA) is 71.1 Å². The number of halogens is 1. The van der Waals surface area contributed by atoms with Gasteiger partial charge in [-0.25, -0.2) is 9.97 Å². The minimum Gasteiger partial charge on any atom is -0.381 e. The summed E-state index contributed by atoms with van der Waals surface area (Å²) < 4.78 is 6.47. The fraction of sp³-hybridized carbons (Fsp3) is 0.435. The van der Waals surface area contributed by atoms with Crippen molar-refractivity contribution in [2.45, 2.75) is 37.5 Å². The van der Waals surface area contributed by atoms with Crippen molar-refractivity contribution in [3.8, 4) is 0 Å². The molecule has 0 atom stereocenters. The molecular weight excluding hydrogens is 444 g/mol. The first-order chi connectivity index (χ1) is 14.7. The van der Waals surface area contributed by atoms with E-state index in [9.17, 15) is 4.79 Å². The quantitative estimate of drug-likeness (QED) is 0.607. The molecule has 2 aliphatic heterocycles. The molecule has 2 aromatic heterocycles. The van der Waals surface area contributed by atoms with E-state index in [4.69, 9.17) is 9.72 Å². The average molecular weight is 469 g/mol. The molecule has 30 heavy (non-hydrogen) atoms. The van der Waals surface area contributed by atoms with Crippen molar-refractivity contribution in [2.24, 2.45) is 0 Å². The van der Waals surface area contributed by atoms with E-state index in [1.54, 1.807) is 0 Å². The monoisotopic (exact) mass is 468 g/mol. The van der Waals surface area contributed by atoms with Gasteiger partial charge >= 0.3 is 0 Å². The number of carbonyl (C=O) groups is 1. The van der Waals surface area contributed by atoms with Gasteiger partial charge in [0.2, 0.25) is 0 Å². The number of H-pyrrole nitrogens is 1. The number of benzene rings is 1. The van der Waals surface area contributed by atoms with Crippen LogP contribution in [-0.2, 0) is 4.74 Å². The smallest absolute Gasteiger partial charge is 0.253 e. The molecule has 2 aliphatic rings. The Kier molecular flexibility index (Phi) is 5.56. The molecule has 6 nitrogen and oxygen atoms in total. The van der Waals surface area contributed by atoms with E-state index in [1.165, 1.54) is 5.56 Å². The van der Waals surface area contributed by atoms with Gasteiger partial charge in [0.15, 0.2) is 5.65 Å². The second-order valence-electron chi connectivity index (χ2n) is 8.18. The van der Waals surface area contributed by atoms with E-state index in [0.29, 0.717) is 11.8 Å². The number of piperidine rings is 1. The highest BCUT2D eigenvalue weighted by atomic mass is 79.9. The number of likely N-dealkylation sites (tertiary alicyclic amines) is 1. The number of aromatic amines is 1. The molecule has 0 aliphatic carbocycles. The van der Waals surface area contributed by atoms with E-state index >= 15 is 0 Å². The number of pyridine rings is 1. The van der Waals surface area contributed by atoms with Gasteiger partial charge in [-0.3, -0.25) is 4.79 Å². The Labute approximate surface area is 184 Å². The zero-order valence-electron chi connectivity index (χ0n) is 16.8. The van der Waals surface area contributed by atoms with E-state index in [-0.39, 0.29) is 5.91 Å². The van der Waals surface area contributed by atoms with Crippen LogP contribution in [0.5, 0.6) is 0 Å². The molecule has 4 heterocycles. The molecule has 0 saturated carbocycles. The summed E-state index contributed by atoms with van der Waals surface area (Å²) in [5, 5.41) is 0.